The number of carbonyl (C=O) groups excluding carboxylic acids is 2. The molecule has 0 aliphatic rings. The van der Waals surface area contributed by atoms with Crippen molar-refractivity contribution in [3.63, 3.8) is 0 Å². The first-order valence-electron chi connectivity index (χ1n) is 10.4. The molecule has 2 aromatic carbocycles. The molecule has 7 nitrogen and oxygen atoms in total. The largest absolute Gasteiger partial charge is 0.342 e. The third-order valence-electron chi connectivity index (χ3n) is 4.98. The highest BCUT2D eigenvalue weighted by Crippen LogP contribution is 2.23. The molecule has 0 spiro atoms. The molecule has 1 aromatic heterocycles. The second kappa shape index (κ2) is 11.3. The lowest BCUT2D eigenvalue weighted by atomic mass is 10.1. The lowest BCUT2D eigenvalue weighted by Gasteiger charge is -2.16. The van der Waals surface area contributed by atoms with Gasteiger partial charge in [0.15, 0.2) is 11.0 Å². The van der Waals surface area contributed by atoms with Crippen molar-refractivity contribution in [3.05, 3.63) is 82.1 Å². The number of aromatic nitrogens is 3. The van der Waals surface area contributed by atoms with Crippen LogP contribution in [0.2, 0.25) is 0 Å². The second-order valence-electron chi connectivity index (χ2n) is 7.55. The molecular weight excluding hydrogens is 502 g/mol. The average Bonchev–Trinajstić information content (AvgIpc) is 3.17. The monoisotopic (exact) mass is 527 g/mol. The van der Waals surface area contributed by atoms with E-state index < -0.39 is 0 Å². The highest BCUT2D eigenvalue weighted by Gasteiger charge is 2.21. The Morgan fingerprint density at radius 3 is 2.64 bits per heavy atom. The Balaban J connectivity index is 1.68. The number of allylic oxidation sites excluding steroid dienone is 1. The van der Waals surface area contributed by atoms with E-state index in [4.69, 9.17) is 0 Å². The van der Waals surface area contributed by atoms with Crippen LogP contribution in [0.3, 0.4) is 0 Å². The predicted octanol–water partition coefficient (Wildman–Crippen LogP) is 5.07. The van der Waals surface area contributed by atoms with Crippen LogP contribution in [0.25, 0.3) is 0 Å². The zero-order valence-corrected chi connectivity index (χ0v) is 21.2. The molecule has 33 heavy (non-hydrogen) atoms. The van der Waals surface area contributed by atoms with Crippen LogP contribution in [0.15, 0.2) is 64.7 Å². The lowest BCUT2D eigenvalue weighted by molar-refractivity contribution is -0.113. The minimum absolute atomic E-state index is 0.138. The maximum atomic E-state index is 12.7. The summed E-state index contributed by atoms with van der Waals surface area (Å²) in [6.45, 7) is 9.96. The summed E-state index contributed by atoms with van der Waals surface area (Å²) >= 11 is 4.71. The molecule has 0 aliphatic carbocycles. The van der Waals surface area contributed by atoms with E-state index in [1.807, 2.05) is 61.7 Å². The number of aryl methyl sites for hydroxylation is 2. The number of nitrogens with zero attached hydrogens (tertiary/aromatic N) is 3. The van der Waals surface area contributed by atoms with Crippen LogP contribution in [0, 0.1) is 13.8 Å². The van der Waals surface area contributed by atoms with E-state index >= 15 is 0 Å². The molecule has 2 N–H and O–H groups in total. The molecule has 9 heteroatoms. The summed E-state index contributed by atoms with van der Waals surface area (Å²) in [5, 5.41) is 15.0. The van der Waals surface area contributed by atoms with Crippen molar-refractivity contribution < 1.29 is 9.59 Å². The van der Waals surface area contributed by atoms with Crippen molar-refractivity contribution in [1.29, 1.82) is 0 Å². The first-order valence-corrected chi connectivity index (χ1v) is 12.2. The molecule has 1 heterocycles. The molecule has 0 saturated carbocycles. The fraction of sp³-hybridized carbons (Fsp3) is 0.250. The molecule has 1 atom stereocenters. The maximum absolute atomic E-state index is 12.7. The van der Waals surface area contributed by atoms with Gasteiger partial charge >= 0.3 is 0 Å². The van der Waals surface area contributed by atoms with Gasteiger partial charge in [-0.15, -0.1) is 16.8 Å². The first kappa shape index (κ1) is 24.7. The molecule has 0 aliphatic heterocycles. The highest BCUT2D eigenvalue weighted by molar-refractivity contribution is 9.10. The van der Waals surface area contributed by atoms with E-state index in [1.165, 1.54) is 11.8 Å². The summed E-state index contributed by atoms with van der Waals surface area (Å²) in [4.78, 5) is 25.2. The molecule has 2 amide bonds. The van der Waals surface area contributed by atoms with Crippen molar-refractivity contribution in [2.75, 3.05) is 11.1 Å². The van der Waals surface area contributed by atoms with E-state index in [0.717, 1.165) is 21.3 Å². The van der Waals surface area contributed by atoms with Crippen molar-refractivity contribution in [2.24, 2.45) is 0 Å². The van der Waals surface area contributed by atoms with E-state index in [2.05, 4.69) is 43.3 Å². The van der Waals surface area contributed by atoms with Crippen LogP contribution >= 0.6 is 27.7 Å². The Morgan fingerprint density at radius 2 is 1.94 bits per heavy atom. The number of rotatable bonds is 9. The quantitative estimate of drug-likeness (QED) is 0.299. The molecule has 172 valence electrons. The molecule has 3 aromatic rings. The SMILES string of the molecule is C=CCn1c(SCC(=O)Nc2ccc(Br)cc2C)nnc1[C@@H](C)NC(=O)c1ccccc1C. The van der Waals surface area contributed by atoms with Crippen LogP contribution in [0.1, 0.15) is 40.3 Å². The van der Waals surface area contributed by atoms with E-state index in [0.29, 0.717) is 23.1 Å². The van der Waals surface area contributed by atoms with Crippen LogP contribution in [0.5, 0.6) is 0 Å². The van der Waals surface area contributed by atoms with Gasteiger partial charge in [-0.3, -0.25) is 9.59 Å². The number of carbonyl (C=O) groups is 2. The Bertz CT molecular complexity index is 1180. The Labute approximate surface area is 206 Å². The fourth-order valence-corrected chi connectivity index (χ4v) is 4.51. The number of nitrogens with one attached hydrogen (secondary N) is 2. The Morgan fingerprint density at radius 1 is 1.18 bits per heavy atom. The van der Waals surface area contributed by atoms with Crippen molar-refractivity contribution in [2.45, 2.75) is 38.5 Å². The molecule has 0 bridgehead atoms. The molecule has 0 radical (unpaired) electrons. The summed E-state index contributed by atoms with van der Waals surface area (Å²) in [5.41, 5.74) is 3.26. The zero-order valence-electron chi connectivity index (χ0n) is 18.8. The number of halogens is 1. The van der Waals surface area contributed by atoms with Crippen LogP contribution < -0.4 is 10.6 Å². The third kappa shape index (κ3) is 6.33. The van der Waals surface area contributed by atoms with Crippen LogP contribution in [0.4, 0.5) is 5.69 Å². The van der Waals surface area contributed by atoms with E-state index in [-0.39, 0.29) is 23.6 Å². The van der Waals surface area contributed by atoms with Gasteiger partial charge in [0, 0.05) is 22.3 Å². The predicted molar refractivity (Wildman–Crippen MR) is 136 cm³/mol. The molecule has 0 unspecified atom stereocenters. The molecule has 3 rings (SSSR count). The van der Waals surface area contributed by atoms with Gasteiger partial charge in [0.25, 0.3) is 5.91 Å². The summed E-state index contributed by atoms with van der Waals surface area (Å²) in [6, 6.07) is 12.7. The van der Waals surface area contributed by atoms with E-state index in [1.54, 1.807) is 12.1 Å². The second-order valence-corrected chi connectivity index (χ2v) is 9.40. The molecule has 0 saturated heterocycles. The van der Waals surface area contributed by atoms with Gasteiger partial charge in [-0.05, 0) is 56.2 Å². The third-order valence-corrected chi connectivity index (χ3v) is 6.44. The summed E-state index contributed by atoms with van der Waals surface area (Å²) < 4.78 is 2.82. The van der Waals surface area contributed by atoms with Crippen molar-refractivity contribution >= 4 is 45.2 Å². The van der Waals surface area contributed by atoms with Gasteiger partial charge in [0.1, 0.15) is 0 Å². The zero-order chi connectivity index (χ0) is 24.0. The molecular formula is C24H26BrN5O2S. The number of hydrogen-bond acceptors (Lipinski definition) is 5. The maximum Gasteiger partial charge on any atom is 0.252 e. The van der Waals surface area contributed by atoms with Gasteiger partial charge in [0.05, 0.1) is 11.8 Å². The van der Waals surface area contributed by atoms with Gasteiger partial charge in [-0.1, -0.05) is 52.0 Å². The van der Waals surface area contributed by atoms with Gasteiger partial charge in [0.2, 0.25) is 5.91 Å². The van der Waals surface area contributed by atoms with Gasteiger partial charge in [-0.2, -0.15) is 0 Å². The highest BCUT2D eigenvalue weighted by atomic mass is 79.9. The summed E-state index contributed by atoms with van der Waals surface area (Å²) in [7, 11) is 0. The van der Waals surface area contributed by atoms with Crippen molar-refractivity contribution in [1.82, 2.24) is 20.1 Å². The van der Waals surface area contributed by atoms with E-state index in [9.17, 15) is 9.59 Å². The number of hydrogen-bond donors (Lipinski definition) is 2. The topological polar surface area (TPSA) is 88.9 Å². The standard InChI is InChI=1S/C24H26BrN5O2S/c1-5-12-30-22(17(4)26-23(32)19-9-7-6-8-15(19)2)28-29-24(30)33-14-21(31)27-20-11-10-18(25)13-16(20)3/h5-11,13,17H,1,12,14H2,2-4H3,(H,26,32)(H,27,31)/t17-/m1/s1. The first-order chi connectivity index (χ1) is 15.8. The van der Waals surface area contributed by atoms with Crippen LogP contribution in [-0.2, 0) is 11.3 Å². The number of anilines is 1. The summed E-state index contributed by atoms with van der Waals surface area (Å²) in [5.74, 6) is 0.464. The number of amides is 2. The number of benzene rings is 2. The van der Waals surface area contributed by atoms with Gasteiger partial charge in [-0.25, -0.2) is 0 Å². The fourth-order valence-electron chi connectivity index (χ4n) is 3.28. The Kier molecular flexibility index (Phi) is 8.46. The Hall–Kier alpha value is -2.91. The minimum Gasteiger partial charge on any atom is -0.342 e. The molecule has 0 fully saturated rings. The summed E-state index contributed by atoms with van der Waals surface area (Å²) in [6.07, 6.45) is 1.73. The minimum atomic E-state index is -0.377. The smallest absolute Gasteiger partial charge is 0.252 e. The van der Waals surface area contributed by atoms with Gasteiger partial charge < -0.3 is 15.2 Å². The average molecular weight is 528 g/mol. The van der Waals surface area contributed by atoms with Crippen molar-refractivity contribution in [3.8, 4) is 0 Å². The van der Waals surface area contributed by atoms with Crippen LogP contribution in [-0.4, -0.2) is 32.3 Å². The normalized spacial score (nSPS) is 11.6. The lowest BCUT2D eigenvalue weighted by Crippen LogP contribution is -2.29. The number of thioether (sulfide) groups is 1.